The average molecular weight is 533 g/mol. The monoisotopic (exact) mass is 532 g/mol. The van der Waals surface area contributed by atoms with Crippen LogP contribution in [0.5, 0.6) is 0 Å². The third kappa shape index (κ3) is 4.71. The molecule has 4 aromatic rings. The third-order valence-corrected chi connectivity index (χ3v) is 6.70. The van der Waals surface area contributed by atoms with Gasteiger partial charge >= 0.3 is 6.18 Å². The topological polar surface area (TPSA) is 66.6 Å². The SMILES string of the molecule is CN(C)c1ncc(-c2cc(C(F)(F)F)c3nc(C(=O)N4CCC(c5cccc(F)c5)C4)c(Cl)n3c2)cn1. The number of imidazole rings is 1. The highest BCUT2D eigenvalue weighted by Gasteiger charge is 2.37. The molecular weight excluding hydrogens is 512 g/mol. The Bertz CT molecular complexity index is 1490. The predicted octanol–water partition coefficient (Wildman–Crippen LogP) is 5.30. The minimum Gasteiger partial charge on any atom is -0.347 e. The van der Waals surface area contributed by atoms with Gasteiger partial charge in [0.25, 0.3) is 5.91 Å². The highest BCUT2D eigenvalue weighted by molar-refractivity contribution is 6.33. The Balaban J connectivity index is 1.52. The Morgan fingerprint density at radius 1 is 1.14 bits per heavy atom. The highest BCUT2D eigenvalue weighted by Crippen LogP contribution is 2.37. The zero-order valence-corrected chi connectivity index (χ0v) is 20.6. The number of pyridine rings is 1. The lowest BCUT2D eigenvalue weighted by Gasteiger charge is -2.15. The van der Waals surface area contributed by atoms with Crippen LogP contribution in [0, 0.1) is 5.82 Å². The van der Waals surface area contributed by atoms with E-state index in [-0.39, 0.29) is 34.7 Å². The molecule has 1 saturated heterocycles. The van der Waals surface area contributed by atoms with Gasteiger partial charge < -0.3 is 9.80 Å². The van der Waals surface area contributed by atoms with Crippen LogP contribution in [-0.2, 0) is 6.18 Å². The number of alkyl halides is 3. The van der Waals surface area contributed by atoms with E-state index in [2.05, 4.69) is 15.0 Å². The van der Waals surface area contributed by atoms with Crippen molar-refractivity contribution in [1.82, 2.24) is 24.3 Å². The van der Waals surface area contributed by atoms with Gasteiger partial charge in [0.15, 0.2) is 11.3 Å². The van der Waals surface area contributed by atoms with Crippen LogP contribution in [0.3, 0.4) is 0 Å². The maximum Gasteiger partial charge on any atom is 0.420 e. The van der Waals surface area contributed by atoms with E-state index in [1.807, 2.05) is 0 Å². The lowest BCUT2D eigenvalue weighted by Crippen LogP contribution is -2.29. The van der Waals surface area contributed by atoms with Gasteiger partial charge in [0.1, 0.15) is 11.0 Å². The maximum atomic E-state index is 14.0. The van der Waals surface area contributed by atoms with E-state index in [0.717, 1.165) is 16.0 Å². The fraction of sp³-hybridized carbons (Fsp3) is 0.280. The van der Waals surface area contributed by atoms with Crippen LogP contribution in [0.4, 0.5) is 23.5 Å². The van der Waals surface area contributed by atoms with E-state index in [4.69, 9.17) is 11.6 Å². The molecule has 0 aliphatic carbocycles. The number of carbonyl (C=O) groups excluding carboxylic acids is 1. The second-order valence-corrected chi connectivity index (χ2v) is 9.40. The first-order valence-corrected chi connectivity index (χ1v) is 11.7. The Morgan fingerprint density at radius 3 is 2.51 bits per heavy atom. The smallest absolute Gasteiger partial charge is 0.347 e. The molecular formula is C25H21ClF4N6O. The lowest BCUT2D eigenvalue weighted by atomic mass is 9.98. The molecule has 5 rings (SSSR count). The minimum atomic E-state index is -4.76. The number of fused-ring (bicyclic) bond motifs is 1. The second kappa shape index (κ2) is 9.29. The molecule has 0 radical (unpaired) electrons. The molecule has 7 nitrogen and oxygen atoms in total. The summed E-state index contributed by atoms with van der Waals surface area (Å²) in [5.41, 5.74) is -0.534. The van der Waals surface area contributed by atoms with E-state index in [1.54, 1.807) is 31.1 Å². The summed E-state index contributed by atoms with van der Waals surface area (Å²) in [5.74, 6) is -0.654. The molecule has 1 amide bonds. The molecule has 0 spiro atoms. The second-order valence-electron chi connectivity index (χ2n) is 9.04. The number of nitrogens with zero attached hydrogens (tertiary/aromatic N) is 6. The standard InChI is InChI=1S/C25H21ClF4N6O/c1-34(2)24-31-10-17(11-32-24)16-9-19(25(28,29)30)22-33-20(21(26)36(22)13-16)23(37)35-7-6-15(12-35)14-4-3-5-18(27)8-14/h3-5,8-11,13,15H,6-7,12H2,1-2H3. The van der Waals surface area contributed by atoms with Crippen LogP contribution in [-0.4, -0.2) is 57.3 Å². The van der Waals surface area contributed by atoms with Gasteiger partial charge in [-0.1, -0.05) is 23.7 Å². The normalized spacial score (nSPS) is 16.0. The lowest BCUT2D eigenvalue weighted by molar-refractivity contribution is -0.136. The van der Waals surface area contributed by atoms with Crippen molar-refractivity contribution in [3.05, 3.63) is 76.7 Å². The van der Waals surface area contributed by atoms with Crippen molar-refractivity contribution in [2.75, 3.05) is 32.1 Å². The van der Waals surface area contributed by atoms with E-state index >= 15 is 0 Å². The van der Waals surface area contributed by atoms with E-state index in [9.17, 15) is 22.4 Å². The average Bonchev–Trinajstić information content (AvgIpc) is 3.48. The summed E-state index contributed by atoms with van der Waals surface area (Å²) in [6, 6.07) is 7.08. The van der Waals surface area contributed by atoms with E-state index in [0.29, 0.717) is 24.5 Å². The van der Waals surface area contributed by atoms with Crippen molar-refractivity contribution in [1.29, 1.82) is 0 Å². The molecule has 0 saturated carbocycles. The zero-order chi connectivity index (χ0) is 26.5. The van der Waals surface area contributed by atoms with Crippen LogP contribution in [0.25, 0.3) is 16.8 Å². The van der Waals surface area contributed by atoms with Crippen molar-refractivity contribution in [3.8, 4) is 11.1 Å². The molecule has 37 heavy (non-hydrogen) atoms. The first-order chi connectivity index (χ1) is 17.5. The first kappa shape index (κ1) is 24.9. The summed E-state index contributed by atoms with van der Waals surface area (Å²) < 4.78 is 56.8. The van der Waals surface area contributed by atoms with Gasteiger partial charge in [-0.2, -0.15) is 13.2 Å². The molecule has 0 bridgehead atoms. The molecule has 1 aliphatic heterocycles. The van der Waals surface area contributed by atoms with Gasteiger partial charge in [-0.05, 0) is 30.2 Å². The fourth-order valence-electron chi connectivity index (χ4n) is 4.45. The number of aromatic nitrogens is 4. The number of rotatable bonds is 4. The van der Waals surface area contributed by atoms with E-state index in [1.165, 1.54) is 35.6 Å². The number of hydrogen-bond acceptors (Lipinski definition) is 5. The quantitative estimate of drug-likeness (QED) is 0.334. The van der Waals surface area contributed by atoms with Crippen molar-refractivity contribution >= 4 is 29.1 Å². The number of amides is 1. The highest BCUT2D eigenvalue weighted by atomic mass is 35.5. The van der Waals surface area contributed by atoms with Crippen molar-refractivity contribution in [3.63, 3.8) is 0 Å². The number of carbonyl (C=O) groups is 1. The molecule has 4 heterocycles. The Labute approximate surface area is 214 Å². The zero-order valence-electron chi connectivity index (χ0n) is 19.8. The van der Waals surface area contributed by atoms with Gasteiger partial charge in [0, 0.05) is 62.8 Å². The van der Waals surface area contributed by atoms with Crippen LogP contribution >= 0.6 is 11.6 Å². The van der Waals surface area contributed by atoms with E-state index < -0.39 is 23.3 Å². The number of likely N-dealkylation sites (tertiary alicyclic amines) is 1. The largest absolute Gasteiger partial charge is 0.420 e. The molecule has 12 heteroatoms. The summed E-state index contributed by atoms with van der Waals surface area (Å²) in [7, 11) is 3.49. The Hall–Kier alpha value is -3.73. The minimum absolute atomic E-state index is 0.0991. The summed E-state index contributed by atoms with van der Waals surface area (Å²) in [5, 5.41) is -0.229. The molecule has 1 atom stereocenters. The van der Waals surface area contributed by atoms with Gasteiger partial charge in [0.2, 0.25) is 5.95 Å². The number of benzene rings is 1. The van der Waals surface area contributed by atoms with Crippen LogP contribution < -0.4 is 4.90 Å². The summed E-state index contributed by atoms with van der Waals surface area (Å²) >= 11 is 6.45. The molecule has 0 N–H and O–H groups in total. The molecule has 3 aromatic heterocycles. The van der Waals surface area contributed by atoms with Gasteiger partial charge in [0.05, 0.1) is 5.56 Å². The molecule has 192 valence electrons. The summed E-state index contributed by atoms with van der Waals surface area (Å²) in [6.07, 6.45) is 0.0345. The third-order valence-electron chi connectivity index (χ3n) is 6.34. The van der Waals surface area contributed by atoms with Crippen molar-refractivity contribution in [2.45, 2.75) is 18.5 Å². The molecule has 1 aromatic carbocycles. The van der Waals surface area contributed by atoms with Gasteiger partial charge in [-0.25, -0.2) is 19.3 Å². The fourth-order valence-corrected chi connectivity index (χ4v) is 4.70. The van der Waals surface area contributed by atoms with Crippen LogP contribution in [0.15, 0.2) is 48.9 Å². The number of anilines is 1. The molecule has 1 aliphatic rings. The number of hydrogen-bond donors (Lipinski definition) is 0. The molecule has 1 unspecified atom stereocenters. The van der Waals surface area contributed by atoms with Crippen LogP contribution in [0.1, 0.15) is 34.0 Å². The van der Waals surface area contributed by atoms with Gasteiger partial charge in [-0.15, -0.1) is 0 Å². The number of halogens is 5. The molecule has 1 fully saturated rings. The Morgan fingerprint density at radius 2 is 1.86 bits per heavy atom. The van der Waals surface area contributed by atoms with Crippen molar-refractivity contribution < 1.29 is 22.4 Å². The van der Waals surface area contributed by atoms with Gasteiger partial charge in [-0.3, -0.25) is 9.20 Å². The van der Waals surface area contributed by atoms with Crippen LogP contribution in [0.2, 0.25) is 5.15 Å². The maximum absolute atomic E-state index is 14.0. The van der Waals surface area contributed by atoms with Crippen molar-refractivity contribution in [2.24, 2.45) is 0 Å². The summed E-state index contributed by atoms with van der Waals surface area (Å²) in [6.45, 7) is 0.622. The summed E-state index contributed by atoms with van der Waals surface area (Å²) in [4.78, 5) is 28.8. The predicted molar refractivity (Wildman–Crippen MR) is 130 cm³/mol. The first-order valence-electron chi connectivity index (χ1n) is 11.4. The Kier molecular flexibility index (Phi) is 6.26.